The molecule has 1 aromatic heterocycles. The lowest BCUT2D eigenvalue weighted by atomic mass is 10.0. The van der Waals surface area contributed by atoms with Gasteiger partial charge in [0, 0.05) is 55.1 Å². The zero-order valence-corrected chi connectivity index (χ0v) is 19.5. The third-order valence-electron chi connectivity index (χ3n) is 6.20. The summed E-state index contributed by atoms with van der Waals surface area (Å²) < 4.78 is 0. The number of hydrogen-bond donors (Lipinski definition) is 1. The van der Waals surface area contributed by atoms with E-state index in [4.69, 9.17) is 22.3 Å². The molecule has 4 rings (SSSR count). The molecule has 0 bridgehead atoms. The van der Waals surface area contributed by atoms with Crippen LogP contribution in [0.3, 0.4) is 0 Å². The van der Waals surface area contributed by atoms with Gasteiger partial charge >= 0.3 is 0 Å². The predicted octanol–water partition coefficient (Wildman–Crippen LogP) is 5.92. The molecule has 2 heterocycles. The fraction of sp³-hybridized carbons (Fsp3) is 0.296. The number of halogens is 1. The lowest BCUT2D eigenvalue weighted by molar-refractivity contribution is 0.209. The molecule has 0 spiro atoms. The van der Waals surface area contributed by atoms with Crippen LogP contribution in [0, 0.1) is 0 Å². The van der Waals surface area contributed by atoms with Crippen molar-refractivity contribution in [3.63, 3.8) is 0 Å². The third-order valence-corrected chi connectivity index (χ3v) is 6.51. The summed E-state index contributed by atoms with van der Waals surface area (Å²) in [5.74, 6) is 0. The summed E-state index contributed by atoms with van der Waals surface area (Å²) in [5.41, 5.74) is 13.0. The zero-order chi connectivity index (χ0) is 22.7. The van der Waals surface area contributed by atoms with Crippen molar-refractivity contribution in [2.45, 2.75) is 26.3 Å². The minimum Gasteiger partial charge on any atom is -0.372 e. The molecule has 4 nitrogen and oxygen atoms in total. The molecule has 0 saturated carbocycles. The standard InChI is InChI=1S/C27H31ClN4/c1-4-6-19(2)31-11-13-32(14-12-31)20(3)22-9-10-24-25(28)17-26(30-27(24)16-22)23-8-5-7-21(15-23)18-29/h5,7-10,15-17H,2-4,6,11-14,18,29H2,1H3. The molecule has 1 aliphatic rings. The first-order valence-electron chi connectivity index (χ1n) is 11.3. The Bertz CT molecular complexity index is 1150. The van der Waals surface area contributed by atoms with E-state index in [2.05, 4.69) is 48.1 Å². The van der Waals surface area contributed by atoms with Gasteiger partial charge in [0.05, 0.1) is 16.2 Å². The minimum atomic E-state index is 0.498. The molecule has 1 fully saturated rings. The quantitative estimate of drug-likeness (QED) is 0.489. The normalized spacial score (nSPS) is 14.1. The number of fused-ring (bicyclic) bond motifs is 1. The average molecular weight is 447 g/mol. The molecule has 1 aliphatic heterocycles. The van der Waals surface area contributed by atoms with Crippen molar-refractivity contribution in [2.75, 3.05) is 26.2 Å². The Hall–Kier alpha value is -2.82. The number of pyridine rings is 1. The zero-order valence-electron chi connectivity index (χ0n) is 18.8. The second-order valence-corrected chi connectivity index (χ2v) is 8.77. The highest BCUT2D eigenvalue weighted by molar-refractivity contribution is 6.35. The highest BCUT2D eigenvalue weighted by atomic mass is 35.5. The van der Waals surface area contributed by atoms with Crippen molar-refractivity contribution < 1.29 is 0 Å². The van der Waals surface area contributed by atoms with E-state index in [1.54, 1.807) is 0 Å². The van der Waals surface area contributed by atoms with Gasteiger partial charge in [-0.25, -0.2) is 4.98 Å². The summed E-state index contributed by atoms with van der Waals surface area (Å²) in [4.78, 5) is 9.67. The number of hydrogen-bond acceptors (Lipinski definition) is 4. The molecule has 3 aromatic rings. The number of benzene rings is 2. The Labute approximate surface area is 196 Å². The van der Waals surface area contributed by atoms with Gasteiger partial charge in [-0.05, 0) is 35.7 Å². The van der Waals surface area contributed by atoms with Crippen molar-refractivity contribution >= 4 is 28.2 Å². The summed E-state index contributed by atoms with van der Waals surface area (Å²) in [6, 6.07) is 16.3. The Balaban J connectivity index is 1.57. The molecular formula is C27H31ClN4. The molecule has 32 heavy (non-hydrogen) atoms. The molecule has 0 aliphatic carbocycles. The summed E-state index contributed by atoms with van der Waals surface area (Å²) in [7, 11) is 0. The summed E-state index contributed by atoms with van der Waals surface area (Å²) in [6.07, 6.45) is 2.20. The first-order valence-corrected chi connectivity index (χ1v) is 11.6. The van der Waals surface area contributed by atoms with E-state index in [-0.39, 0.29) is 0 Å². The molecule has 1 saturated heterocycles. The number of piperazine rings is 1. The number of nitrogens with two attached hydrogens (primary N) is 1. The molecule has 0 atom stereocenters. The van der Waals surface area contributed by atoms with Gasteiger partial charge in [0.25, 0.3) is 0 Å². The van der Waals surface area contributed by atoms with Gasteiger partial charge in [0.15, 0.2) is 0 Å². The van der Waals surface area contributed by atoms with Crippen LogP contribution >= 0.6 is 11.6 Å². The molecular weight excluding hydrogens is 416 g/mol. The average Bonchev–Trinajstić information content (AvgIpc) is 2.83. The lowest BCUT2D eigenvalue weighted by Crippen LogP contribution is -2.44. The summed E-state index contributed by atoms with van der Waals surface area (Å²) in [5, 5.41) is 1.64. The van der Waals surface area contributed by atoms with Crippen LogP contribution in [-0.2, 0) is 6.54 Å². The van der Waals surface area contributed by atoms with Crippen LogP contribution < -0.4 is 5.73 Å². The summed E-state index contributed by atoms with van der Waals surface area (Å²) in [6.45, 7) is 15.2. The largest absolute Gasteiger partial charge is 0.372 e. The molecule has 0 amide bonds. The first kappa shape index (κ1) is 22.4. The second-order valence-electron chi connectivity index (χ2n) is 8.36. The monoisotopic (exact) mass is 446 g/mol. The van der Waals surface area contributed by atoms with Crippen LogP contribution in [0.5, 0.6) is 0 Å². The first-order chi connectivity index (χ1) is 15.5. The Kier molecular flexibility index (Phi) is 6.83. The van der Waals surface area contributed by atoms with Crippen LogP contribution in [0.4, 0.5) is 0 Å². The Morgan fingerprint density at radius 3 is 2.50 bits per heavy atom. The van der Waals surface area contributed by atoms with Crippen LogP contribution in [0.15, 0.2) is 67.4 Å². The van der Waals surface area contributed by atoms with E-state index in [1.807, 2.05) is 30.3 Å². The highest BCUT2D eigenvalue weighted by Gasteiger charge is 2.20. The van der Waals surface area contributed by atoms with Gasteiger partial charge in [-0.3, -0.25) is 0 Å². The van der Waals surface area contributed by atoms with Gasteiger partial charge < -0.3 is 15.5 Å². The van der Waals surface area contributed by atoms with Crippen LogP contribution in [0.25, 0.3) is 27.9 Å². The van der Waals surface area contributed by atoms with Crippen molar-refractivity contribution in [3.05, 3.63) is 83.5 Å². The lowest BCUT2D eigenvalue weighted by Gasteiger charge is -2.39. The van der Waals surface area contributed by atoms with E-state index in [0.717, 1.165) is 78.0 Å². The van der Waals surface area contributed by atoms with Crippen molar-refractivity contribution in [3.8, 4) is 11.3 Å². The maximum atomic E-state index is 6.63. The molecule has 2 N–H and O–H groups in total. The SMILES string of the molecule is C=C(CCC)N1CCN(C(=C)c2ccc3c(Cl)cc(-c4cccc(CN)c4)nc3c2)CC1. The Morgan fingerprint density at radius 2 is 1.78 bits per heavy atom. The number of nitrogens with zero attached hydrogens (tertiary/aromatic N) is 3. The smallest absolute Gasteiger partial charge is 0.0731 e. The Morgan fingerprint density at radius 1 is 1.03 bits per heavy atom. The third kappa shape index (κ3) is 4.67. The molecule has 0 unspecified atom stereocenters. The van der Waals surface area contributed by atoms with Crippen LogP contribution in [0.2, 0.25) is 5.02 Å². The van der Waals surface area contributed by atoms with Gasteiger partial charge in [-0.15, -0.1) is 0 Å². The second kappa shape index (κ2) is 9.76. The molecule has 0 radical (unpaired) electrons. The number of rotatable bonds is 7. The number of aromatic nitrogens is 1. The van der Waals surface area contributed by atoms with Gasteiger partial charge in [0.2, 0.25) is 0 Å². The van der Waals surface area contributed by atoms with Crippen molar-refractivity contribution in [1.29, 1.82) is 0 Å². The molecule has 5 heteroatoms. The minimum absolute atomic E-state index is 0.498. The van der Waals surface area contributed by atoms with Crippen molar-refractivity contribution in [1.82, 2.24) is 14.8 Å². The van der Waals surface area contributed by atoms with E-state index in [9.17, 15) is 0 Å². The van der Waals surface area contributed by atoms with Gasteiger partial charge in [-0.2, -0.15) is 0 Å². The summed E-state index contributed by atoms with van der Waals surface area (Å²) >= 11 is 6.63. The van der Waals surface area contributed by atoms with Crippen LogP contribution in [-0.4, -0.2) is 41.0 Å². The fourth-order valence-electron chi connectivity index (χ4n) is 4.29. The van der Waals surface area contributed by atoms with E-state index in [0.29, 0.717) is 11.6 Å². The molecule has 166 valence electrons. The van der Waals surface area contributed by atoms with Gasteiger partial charge in [-0.1, -0.05) is 68.4 Å². The van der Waals surface area contributed by atoms with E-state index in [1.165, 1.54) is 5.70 Å². The van der Waals surface area contributed by atoms with E-state index < -0.39 is 0 Å². The van der Waals surface area contributed by atoms with Crippen molar-refractivity contribution in [2.24, 2.45) is 5.73 Å². The van der Waals surface area contributed by atoms with E-state index >= 15 is 0 Å². The van der Waals surface area contributed by atoms with Crippen LogP contribution in [0.1, 0.15) is 30.9 Å². The van der Waals surface area contributed by atoms with Gasteiger partial charge in [0.1, 0.15) is 0 Å². The fourth-order valence-corrected chi connectivity index (χ4v) is 4.56. The topological polar surface area (TPSA) is 45.4 Å². The highest BCUT2D eigenvalue weighted by Crippen LogP contribution is 2.31. The maximum absolute atomic E-state index is 6.63. The predicted molar refractivity (Wildman–Crippen MR) is 136 cm³/mol. The number of allylic oxidation sites excluding steroid dienone is 1. The molecule has 2 aromatic carbocycles. The maximum Gasteiger partial charge on any atom is 0.0731 e.